The Labute approximate surface area is 205 Å². The molecule has 0 atom stereocenters. The van der Waals surface area contributed by atoms with Crippen molar-refractivity contribution < 1.29 is 9.59 Å². The van der Waals surface area contributed by atoms with Crippen LogP contribution < -0.4 is 0 Å². The molecule has 2 fully saturated rings. The van der Waals surface area contributed by atoms with Gasteiger partial charge in [-0.05, 0) is 60.1 Å². The lowest BCUT2D eigenvalue weighted by Gasteiger charge is -2.42. The standard InChI is InChI=1S/C28H31N3O2S/c1-3-31-27(33)30(20-23-9-6-8-22-7-4-5-10-25(22)23)26(32)28(31)15-17-29(18-16-28)19-21-11-13-24(34-2)14-12-21/h4-14H,3,15-20H2,1-2H3. The SMILES string of the molecule is CCN1C(=O)N(Cc2cccc3ccccc23)C(=O)C12CCN(Cc1ccc(SC)cc1)CC2. The predicted octanol–water partition coefficient (Wildman–Crippen LogP) is 5.38. The molecule has 0 N–H and O–H groups in total. The van der Waals surface area contributed by atoms with Crippen molar-refractivity contribution in [3.63, 3.8) is 0 Å². The second kappa shape index (κ2) is 9.43. The molecule has 34 heavy (non-hydrogen) atoms. The number of carbonyl (C=O) groups is 2. The number of benzene rings is 3. The number of piperidine rings is 1. The second-order valence-electron chi connectivity index (χ2n) is 9.21. The topological polar surface area (TPSA) is 43.9 Å². The molecule has 3 aromatic carbocycles. The smallest absolute Gasteiger partial charge is 0.310 e. The highest BCUT2D eigenvalue weighted by atomic mass is 32.2. The molecule has 5 rings (SSSR count). The van der Waals surface area contributed by atoms with Crippen molar-refractivity contribution >= 4 is 34.5 Å². The van der Waals surface area contributed by atoms with Crippen molar-refractivity contribution in [2.45, 2.75) is 43.3 Å². The van der Waals surface area contributed by atoms with Crippen LogP contribution in [0.2, 0.25) is 0 Å². The van der Waals surface area contributed by atoms with Gasteiger partial charge in [0.15, 0.2) is 0 Å². The third-order valence-electron chi connectivity index (χ3n) is 7.39. The summed E-state index contributed by atoms with van der Waals surface area (Å²) >= 11 is 1.75. The number of amides is 3. The normalized spacial score (nSPS) is 18.4. The van der Waals surface area contributed by atoms with Crippen molar-refractivity contribution in [3.05, 3.63) is 77.9 Å². The number of thioether (sulfide) groups is 1. The van der Waals surface area contributed by atoms with Gasteiger partial charge in [-0.3, -0.25) is 14.6 Å². The second-order valence-corrected chi connectivity index (χ2v) is 10.1. The lowest BCUT2D eigenvalue weighted by Crippen LogP contribution is -2.56. The first-order valence-corrected chi connectivity index (χ1v) is 13.2. The van der Waals surface area contributed by atoms with Crippen LogP contribution in [0.3, 0.4) is 0 Å². The van der Waals surface area contributed by atoms with E-state index in [9.17, 15) is 9.59 Å². The monoisotopic (exact) mass is 473 g/mol. The van der Waals surface area contributed by atoms with Gasteiger partial charge >= 0.3 is 6.03 Å². The summed E-state index contributed by atoms with van der Waals surface area (Å²) in [5, 5.41) is 2.22. The molecule has 2 saturated heterocycles. The number of carbonyl (C=O) groups excluding carboxylic acids is 2. The summed E-state index contributed by atoms with van der Waals surface area (Å²) in [5.74, 6) is -0.0312. The highest BCUT2D eigenvalue weighted by Crippen LogP contribution is 2.38. The summed E-state index contributed by atoms with van der Waals surface area (Å²) in [6.45, 7) is 5.34. The molecule has 2 heterocycles. The number of hydrogen-bond donors (Lipinski definition) is 0. The average molecular weight is 474 g/mol. The zero-order valence-corrected chi connectivity index (χ0v) is 20.7. The predicted molar refractivity (Wildman–Crippen MR) is 138 cm³/mol. The van der Waals surface area contributed by atoms with E-state index in [0.717, 1.165) is 36.0 Å². The molecule has 2 aliphatic rings. The van der Waals surface area contributed by atoms with Crippen LogP contribution in [0.15, 0.2) is 71.6 Å². The fraction of sp³-hybridized carbons (Fsp3) is 0.357. The highest BCUT2D eigenvalue weighted by Gasteiger charge is 2.57. The van der Waals surface area contributed by atoms with E-state index in [1.807, 2.05) is 36.1 Å². The van der Waals surface area contributed by atoms with Crippen LogP contribution in [-0.2, 0) is 17.9 Å². The van der Waals surface area contributed by atoms with E-state index in [2.05, 4.69) is 53.6 Å². The maximum Gasteiger partial charge on any atom is 0.327 e. The lowest BCUT2D eigenvalue weighted by atomic mass is 9.85. The summed E-state index contributed by atoms with van der Waals surface area (Å²) in [5.41, 5.74) is 1.59. The Balaban J connectivity index is 1.33. The molecule has 0 saturated carbocycles. The maximum absolute atomic E-state index is 13.8. The first kappa shape index (κ1) is 22.9. The van der Waals surface area contributed by atoms with Crippen LogP contribution in [-0.4, -0.2) is 58.1 Å². The summed E-state index contributed by atoms with van der Waals surface area (Å²) in [4.78, 5) is 34.2. The summed E-state index contributed by atoms with van der Waals surface area (Å²) in [7, 11) is 0. The van der Waals surface area contributed by atoms with E-state index < -0.39 is 5.54 Å². The molecule has 3 aromatic rings. The number of fused-ring (bicyclic) bond motifs is 1. The van der Waals surface area contributed by atoms with E-state index in [-0.39, 0.29) is 11.9 Å². The van der Waals surface area contributed by atoms with Crippen LogP contribution >= 0.6 is 11.8 Å². The van der Waals surface area contributed by atoms with Crippen molar-refractivity contribution in [1.29, 1.82) is 0 Å². The lowest BCUT2D eigenvalue weighted by molar-refractivity contribution is -0.136. The minimum atomic E-state index is -0.713. The molecule has 0 unspecified atom stereocenters. The van der Waals surface area contributed by atoms with E-state index in [1.54, 1.807) is 11.8 Å². The quantitative estimate of drug-likeness (QED) is 0.356. The van der Waals surface area contributed by atoms with Crippen LogP contribution in [0.5, 0.6) is 0 Å². The summed E-state index contributed by atoms with van der Waals surface area (Å²) in [6.07, 6.45) is 3.45. The zero-order chi connectivity index (χ0) is 23.7. The van der Waals surface area contributed by atoms with Crippen molar-refractivity contribution in [2.24, 2.45) is 0 Å². The zero-order valence-electron chi connectivity index (χ0n) is 19.9. The first-order chi connectivity index (χ1) is 16.6. The Hall–Kier alpha value is -2.83. The summed E-state index contributed by atoms with van der Waals surface area (Å²) in [6, 6.07) is 22.8. The van der Waals surface area contributed by atoms with E-state index >= 15 is 0 Å². The molecule has 0 aliphatic carbocycles. The molecule has 6 heteroatoms. The van der Waals surface area contributed by atoms with Crippen molar-refractivity contribution in [1.82, 2.24) is 14.7 Å². The number of hydrogen-bond acceptors (Lipinski definition) is 4. The third kappa shape index (κ3) is 3.99. The van der Waals surface area contributed by atoms with Gasteiger partial charge in [0.25, 0.3) is 5.91 Å². The minimum absolute atomic E-state index is 0.0312. The average Bonchev–Trinajstić information content (AvgIpc) is 3.06. The van der Waals surface area contributed by atoms with Crippen LogP contribution in [0.1, 0.15) is 30.9 Å². The molecule has 0 radical (unpaired) electrons. The van der Waals surface area contributed by atoms with Gasteiger partial charge in [0.05, 0.1) is 6.54 Å². The van der Waals surface area contributed by atoms with E-state index in [0.29, 0.717) is 25.9 Å². The number of urea groups is 1. The molecule has 0 bridgehead atoms. The van der Waals surface area contributed by atoms with Gasteiger partial charge in [0.2, 0.25) is 0 Å². The fourth-order valence-electron chi connectivity index (χ4n) is 5.51. The van der Waals surface area contributed by atoms with Crippen molar-refractivity contribution in [3.8, 4) is 0 Å². The fourth-order valence-corrected chi connectivity index (χ4v) is 5.92. The largest absolute Gasteiger partial charge is 0.327 e. The van der Waals surface area contributed by atoms with Gasteiger partial charge in [-0.15, -0.1) is 11.8 Å². The van der Waals surface area contributed by atoms with Gasteiger partial charge in [0, 0.05) is 31.1 Å². The molecule has 176 valence electrons. The Morgan fingerprint density at radius 1 is 0.882 bits per heavy atom. The maximum atomic E-state index is 13.8. The summed E-state index contributed by atoms with van der Waals surface area (Å²) < 4.78 is 0. The first-order valence-electron chi connectivity index (χ1n) is 12.0. The van der Waals surface area contributed by atoms with Crippen LogP contribution in [0.4, 0.5) is 4.79 Å². The number of likely N-dealkylation sites (tertiary alicyclic amines) is 1. The molecular weight excluding hydrogens is 442 g/mol. The van der Waals surface area contributed by atoms with E-state index in [4.69, 9.17) is 0 Å². The molecular formula is C28H31N3O2S. The molecule has 5 nitrogen and oxygen atoms in total. The molecule has 0 aromatic heterocycles. The Kier molecular flexibility index (Phi) is 6.36. The third-order valence-corrected chi connectivity index (χ3v) is 8.14. The van der Waals surface area contributed by atoms with Gasteiger partial charge in [-0.2, -0.15) is 0 Å². The highest BCUT2D eigenvalue weighted by molar-refractivity contribution is 7.98. The molecule has 1 spiro atoms. The number of rotatable bonds is 6. The van der Waals surface area contributed by atoms with Gasteiger partial charge in [0.1, 0.15) is 5.54 Å². The van der Waals surface area contributed by atoms with Crippen LogP contribution in [0, 0.1) is 0 Å². The molecule has 2 aliphatic heterocycles. The van der Waals surface area contributed by atoms with Gasteiger partial charge in [-0.1, -0.05) is 54.6 Å². The number of imide groups is 1. The number of nitrogens with zero attached hydrogens (tertiary/aromatic N) is 3. The van der Waals surface area contributed by atoms with Gasteiger partial charge < -0.3 is 4.90 Å². The van der Waals surface area contributed by atoms with E-state index in [1.165, 1.54) is 15.4 Å². The van der Waals surface area contributed by atoms with Gasteiger partial charge in [-0.25, -0.2) is 4.79 Å². The molecule has 3 amide bonds. The Bertz CT molecular complexity index is 1200. The Morgan fingerprint density at radius 3 is 2.29 bits per heavy atom. The Morgan fingerprint density at radius 2 is 1.59 bits per heavy atom. The van der Waals surface area contributed by atoms with Crippen molar-refractivity contribution in [2.75, 3.05) is 25.9 Å². The van der Waals surface area contributed by atoms with Crippen LogP contribution in [0.25, 0.3) is 10.8 Å². The number of likely N-dealkylation sites (N-methyl/N-ethyl adjacent to an activating group) is 1. The minimum Gasteiger partial charge on any atom is -0.310 e.